The zero-order chi connectivity index (χ0) is 42.4. The maximum Gasteiger partial charge on any atom is 0.171 e. The van der Waals surface area contributed by atoms with E-state index in [1.807, 2.05) is 60.7 Å². The van der Waals surface area contributed by atoms with Crippen molar-refractivity contribution in [2.75, 3.05) is 0 Å². The second-order valence-electron chi connectivity index (χ2n) is 16.8. The Balaban J connectivity index is 1.09. The Morgan fingerprint density at radius 2 is 1.08 bits per heavy atom. The highest BCUT2D eigenvalue weighted by Crippen LogP contribution is 2.60. The first-order chi connectivity index (χ1) is 31.6. The summed E-state index contributed by atoms with van der Waals surface area (Å²) in [6.45, 7) is 0. The van der Waals surface area contributed by atoms with Crippen LogP contribution >= 0.6 is 7.14 Å². The largest absolute Gasteiger partial charge is 0.344 e. The van der Waals surface area contributed by atoms with Gasteiger partial charge in [-0.1, -0.05) is 200 Å². The summed E-state index contributed by atoms with van der Waals surface area (Å²) in [5.41, 5.74) is 12.1. The van der Waals surface area contributed by atoms with Gasteiger partial charge in [0.25, 0.3) is 0 Å². The van der Waals surface area contributed by atoms with Crippen molar-refractivity contribution >= 4 is 56.5 Å². The van der Waals surface area contributed by atoms with Gasteiger partial charge < -0.3 is 14.4 Å². The lowest BCUT2D eigenvalue weighted by molar-refractivity contribution is 0.590. The fraction of sp³-hybridized carbons (Fsp3) is 0.0345. The molecule has 0 saturated carbocycles. The van der Waals surface area contributed by atoms with Crippen LogP contribution in [-0.2, 0) is 9.98 Å². The molecule has 0 amide bonds. The van der Waals surface area contributed by atoms with Crippen LogP contribution in [0.3, 0.4) is 0 Å². The topological polar surface area (TPSA) is 58.8 Å². The summed E-state index contributed by atoms with van der Waals surface area (Å²) >= 11 is 0. The number of amidine groups is 2. The Morgan fingerprint density at radius 3 is 1.88 bits per heavy atom. The third-order valence-corrected chi connectivity index (χ3v) is 16.7. The molecule has 4 heterocycles. The van der Waals surface area contributed by atoms with Gasteiger partial charge in [-0.2, -0.15) is 0 Å². The summed E-state index contributed by atoms with van der Waals surface area (Å²) in [5.74, 6) is 1.35. The van der Waals surface area contributed by atoms with E-state index in [-0.39, 0.29) is 0 Å². The number of benzene rings is 9. The Hall–Kier alpha value is -7.85. The van der Waals surface area contributed by atoms with Crippen LogP contribution in [0.25, 0.3) is 38.6 Å². The monoisotopic (exact) mass is 838 g/mol. The Kier molecular flexibility index (Phi) is 8.09. The number of hydrogen-bond acceptors (Lipinski definition) is 4. The molecule has 0 radical (unpaired) electrons. The summed E-state index contributed by atoms with van der Waals surface area (Å²) in [6, 6.07) is 78.6. The molecule has 64 heavy (non-hydrogen) atoms. The van der Waals surface area contributed by atoms with Crippen molar-refractivity contribution in [3.8, 4) is 16.8 Å². The predicted molar refractivity (Wildman–Crippen MR) is 263 cm³/mol. The zero-order valence-electron chi connectivity index (χ0n) is 34.6. The van der Waals surface area contributed by atoms with Crippen molar-refractivity contribution < 1.29 is 4.57 Å². The number of rotatable bonds is 5. The summed E-state index contributed by atoms with van der Waals surface area (Å²) < 4.78 is 19.1. The average molecular weight is 839 g/mol. The van der Waals surface area contributed by atoms with Crippen molar-refractivity contribution in [1.29, 1.82) is 0 Å². The van der Waals surface area contributed by atoms with Gasteiger partial charge >= 0.3 is 0 Å². The third kappa shape index (κ3) is 5.16. The third-order valence-electron chi connectivity index (χ3n) is 13.5. The van der Waals surface area contributed by atoms with Crippen LogP contribution in [0.15, 0.2) is 234 Å². The minimum atomic E-state index is -3.44. The first-order valence-corrected chi connectivity index (χ1v) is 23.5. The van der Waals surface area contributed by atoms with Gasteiger partial charge in [-0.3, -0.25) is 0 Å². The van der Waals surface area contributed by atoms with E-state index < -0.39 is 18.7 Å². The van der Waals surface area contributed by atoms with Gasteiger partial charge in [0.1, 0.15) is 12.0 Å². The van der Waals surface area contributed by atoms with E-state index in [0.717, 1.165) is 77.1 Å². The number of aromatic nitrogens is 1. The number of nitrogens with zero attached hydrogens (tertiary/aromatic N) is 3. The zero-order valence-corrected chi connectivity index (χ0v) is 35.5. The first-order valence-electron chi connectivity index (χ1n) is 21.8. The van der Waals surface area contributed by atoms with Crippen LogP contribution in [0.5, 0.6) is 0 Å². The predicted octanol–water partition coefficient (Wildman–Crippen LogP) is 11.6. The van der Waals surface area contributed by atoms with Crippen LogP contribution < -0.4 is 21.2 Å². The normalized spacial score (nSPS) is 19.3. The molecule has 0 aliphatic carbocycles. The van der Waals surface area contributed by atoms with E-state index in [9.17, 15) is 0 Å². The van der Waals surface area contributed by atoms with Gasteiger partial charge in [0, 0.05) is 37.8 Å². The molecule has 3 aliphatic heterocycles. The molecule has 1 N–H and O–H groups in total. The smallest absolute Gasteiger partial charge is 0.171 e. The molecule has 10 aromatic rings. The molecule has 5 nitrogen and oxygen atoms in total. The molecule has 3 aliphatic rings. The van der Waals surface area contributed by atoms with Gasteiger partial charge in [-0.05, 0) is 63.2 Å². The van der Waals surface area contributed by atoms with E-state index >= 15 is 4.57 Å². The van der Waals surface area contributed by atoms with E-state index in [4.69, 9.17) is 9.98 Å². The highest BCUT2D eigenvalue weighted by molar-refractivity contribution is 7.85. The molecule has 0 fully saturated rings. The number of fused-ring (bicyclic) bond motifs is 11. The molecule has 1 aromatic heterocycles. The fourth-order valence-corrected chi connectivity index (χ4v) is 13.9. The SMILES string of the molecule is O=P1(c2ccccc2)c2ccccc2C2(c3ccccc3-n3c4ccccc4c4cccc2c43)c2cc(C3=NC(c4ccccc4)=NC(c4ccc(-c5ccccc5)cc4)N3)ccc21. The number of hydrogen-bond donors (Lipinski definition) is 1. The molecule has 0 bridgehead atoms. The molecule has 302 valence electrons. The maximum absolute atomic E-state index is 16.7. The van der Waals surface area contributed by atoms with Crippen molar-refractivity contribution in [2.45, 2.75) is 11.6 Å². The fourth-order valence-electron chi connectivity index (χ4n) is 10.8. The lowest BCUT2D eigenvalue weighted by Crippen LogP contribution is -2.48. The number of para-hydroxylation sites is 3. The van der Waals surface area contributed by atoms with Gasteiger partial charge in [0.15, 0.2) is 13.0 Å². The van der Waals surface area contributed by atoms with Crippen LogP contribution in [0.1, 0.15) is 45.1 Å². The second-order valence-corrected chi connectivity index (χ2v) is 19.5. The van der Waals surface area contributed by atoms with E-state index in [2.05, 4.69) is 174 Å². The molecule has 0 saturated heterocycles. The highest BCUT2D eigenvalue weighted by atomic mass is 31.2. The molecular weight excluding hydrogens is 800 g/mol. The van der Waals surface area contributed by atoms with Gasteiger partial charge in [-0.25, -0.2) is 9.98 Å². The first kappa shape index (κ1) is 36.8. The van der Waals surface area contributed by atoms with Crippen molar-refractivity contribution in [2.24, 2.45) is 9.98 Å². The molecule has 3 unspecified atom stereocenters. The lowest BCUT2D eigenvalue weighted by atomic mass is 9.62. The molecule has 1 spiro atoms. The van der Waals surface area contributed by atoms with Crippen LogP contribution in [0.4, 0.5) is 0 Å². The van der Waals surface area contributed by atoms with E-state index in [1.165, 1.54) is 16.3 Å². The van der Waals surface area contributed by atoms with E-state index in [1.54, 1.807) is 0 Å². The molecule has 13 rings (SSSR count). The maximum atomic E-state index is 16.7. The van der Waals surface area contributed by atoms with Gasteiger partial charge in [0.05, 0.1) is 22.1 Å². The molecule has 3 atom stereocenters. The van der Waals surface area contributed by atoms with Crippen molar-refractivity contribution in [3.05, 3.63) is 263 Å². The second kappa shape index (κ2) is 14.1. The number of nitrogens with one attached hydrogen (secondary N) is 1. The van der Waals surface area contributed by atoms with Crippen molar-refractivity contribution in [3.63, 3.8) is 0 Å². The van der Waals surface area contributed by atoms with Gasteiger partial charge in [0.2, 0.25) is 0 Å². The molecule has 6 heteroatoms. The van der Waals surface area contributed by atoms with E-state index in [0.29, 0.717) is 11.7 Å². The lowest BCUT2D eigenvalue weighted by Gasteiger charge is -2.47. The van der Waals surface area contributed by atoms with Crippen molar-refractivity contribution in [1.82, 2.24) is 9.88 Å². The average Bonchev–Trinajstić information content (AvgIpc) is 3.72. The van der Waals surface area contributed by atoms with Crippen LogP contribution in [0.2, 0.25) is 0 Å². The summed E-state index contributed by atoms with van der Waals surface area (Å²) in [4.78, 5) is 10.6. The summed E-state index contributed by atoms with van der Waals surface area (Å²) in [7, 11) is -3.44. The minimum Gasteiger partial charge on any atom is -0.344 e. The molecule has 9 aromatic carbocycles. The summed E-state index contributed by atoms with van der Waals surface area (Å²) in [6.07, 6.45) is -0.409. The van der Waals surface area contributed by atoms with Crippen LogP contribution in [-0.4, -0.2) is 16.2 Å². The standard InChI is InChI=1S/C58H39N4OP/c63-64(43-21-8-3-9-22-43)52-30-15-12-26-47(52)58(46-25-11-14-29-51(46)62-50-28-13-10-23-44(50)45-24-16-27-48(58)54(45)62)49-37-42(35-36-53(49)64)57-60-55(40-19-6-2-7-20-40)59-56(61-57)41-33-31-39(32-34-41)38-17-4-1-5-18-38/h1-37,56H,(H,59,60,61). The molecular formula is C58H39N4OP. The minimum absolute atomic E-state index is 0.409. The number of aliphatic imine (C=N–C) groups is 2. The Bertz CT molecular complexity index is 3610. The Morgan fingerprint density at radius 1 is 0.484 bits per heavy atom. The highest BCUT2D eigenvalue weighted by Gasteiger charge is 2.54. The Labute approximate surface area is 371 Å². The quantitative estimate of drug-likeness (QED) is 0.176. The van der Waals surface area contributed by atoms with Crippen LogP contribution in [0, 0.1) is 0 Å². The summed E-state index contributed by atoms with van der Waals surface area (Å²) in [5, 5.41) is 8.68. The van der Waals surface area contributed by atoms with Gasteiger partial charge in [-0.15, -0.1) is 0 Å².